The first-order valence-electron chi connectivity index (χ1n) is 5.02. The average Bonchev–Trinajstić information content (AvgIpc) is 2.11. The summed E-state index contributed by atoms with van der Waals surface area (Å²) in [5.41, 5.74) is -2.09. The minimum absolute atomic E-state index is 0. The van der Waals surface area contributed by atoms with Crippen molar-refractivity contribution in [1.82, 2.24) is 0 Å². The zero-order valence-corrected chi connectivity index (χ0v) is 12.6. The molecule has 0 radical (unpaired) electrons. The molecular weight excluding hydrogens is 243 g/mol. The van der Waals surface area contributed by atoms with Crippen LogP contribution >= 0.6 is 0 Å². The first-order valence-corrected chi connectivity index (χ1v) is 6.49. The second-order valence-corrected chi connectivity index (χ2v) is 5.03. The summed E-state index contributed by atoms with van der Waals surface area (Å²) in [4.78, 5) is 11.1. The van der Waals surface area contributed by atoms with Crippen LogP contribution in [0.4, 0.5) is 0 Å². The Morgan fingerprint density at radius 3 is 2.31 bits per heavy atom. The van der Waals surface area contributed by atoms with Crippen LogP contribution in [0.1, 0.15) is 45.4 Å². The molecule has 0 aliphatic heterocycles. The molecule has 0 rings (SSSR count). The number of unbranched alkanes of at least 4 members (excludes halogenated alkanes) is 3. The fraction of sp³-hybridized carbons (Fsp3) is 0.889. The number of carbonyl (C=O) groups excluding carboxylic acids is 1. The zero-order valence-electron chi connectivity index (χ0n) is 9.81. The van der Waals surface area contributed by atoms with Crippen LogP contribution in [-0.4, -0.2) is 29.3 Å². The standard InChI is InChI=1S/C9H18O5S.Na/c1-2-3-4-5-6-8(10)7-9(11)15(12,13)14;/h9,11H,2-7H2,1H3,(H,12,13,14);/q;+1/p-1. The van der Waals surface area contributed by atoms with E-state index < -0.39 is 22.0 Å². The Kier molecular flexibility index (Phi) is 11.3. The minimum Gasteiger partial charge on any atom is -0.746 e. The summed E-state index contributed by atoms with van der Waals surface area (Å²) in [7, 11) is -4.75. The fourth-order valence-corrected chi connectivity index (χ4v) is 1.54. The van der Waals surface area contributed by atoms with Gasteiger partial charge < -0.3 is 9.66 Å². The molecule has 0 aliphatic carbocycles. The van der Waals surface area contributed by atoms with E-state index in [4.69, 9.17) is 5.11 Å². The van der Waals surface area contributed by atoms with E-state index in [1.807, 2.05) is 6.92 Å². The Balaban J connectivity index is 0. The van der Waals surface area contributed by atoms with Crippen molar-refractivity contribution in [2.45, 2.75) is 50.9 Å². The van der Waals surface area contributed by atoms with Crippen molar-refractivity contribution in [2.24, 2.45) is 0 Å². The quantitative estimate of drug-likeness (QED) is 0.303. The summed E-state index contributed by atoms with van der Waals surface area (Å²) >= 11 is 0. The molecule has 0 aromatic carbocycles. The van der Waals surface area contributed by atoms with Gasteiger partial charge in [0.2, 0.25) is 0 Å². The maximum absolute atomic E-state index is 11.1. The van der Waals surface area contributed by atoms with E-state index in [1.54, 1.807) is 0 Å². The van der Waals surface area contributed by atoms with Gasteiger partial charge >= 0.3 is 29.6 Å². The van der Waals surface area contributed by atoms with Crippen molar-refractivity contribution in [1.29, 1.82) is 0 Å². The zero-order chi connectivity index (χ0) is 11.9. The number of carbonyl (C=O) groups is 1. The molecule has 90 valence electrons. The molecular formula is C9H17NaO5S. The Labute approximate surface area is 119 Å². The van der Waals surface area contributed by atoms with Gasteiger partial charge in [0.05, 0.1) is 0 Å². The van der Waals surface area contributed by atoms with Gasteiger partial charge in [0.1, 0.15) is 21.3 Å². The average molecular weight is 260 g/mol. The number of aliphatic hydroxyl groups excluding tert-OH is 1. The van der Waals surface area contributed by atoms with Crippen LogP contribution < -0.4 is 29.6 Å². The Morgan fingerprint density at radius 2 is 1.88 bits per heavy atom. The van der Waals surface area contributed by atoms with Gasteiger partial charge in [-0.1, -0.05) is 26.2 Å². The minimum atomic E-state index is -4.75. The first-order chi connectivity index (χ1) is 6.88. The van der Waals surface area contributed by atoms with E-state index in [0.29, 0.717) is 6.42 Å². The van der Waals surface area contributed by atoms with Gasteiger partial charge in [0, 0.05) is 12.8 Å². The molecule has 0 heterocycles. The summed E-state index contributed by atoms with van der Waals surface area (Å²) in [6.45, 7) is 2.04. The second-order valence-electron chi connectivity index (χ2n) is 3.50. The van der Waals surface area contributed by atoms with Crippen molar-refractivity contribution in [2.75, 3.05) is 0 Å². The molecule has 1 N–H and O–H groups in total. The molecule has 16 heavy (non-hydrogen) atoms. The molecule has 7 heteroatoms. The number of rotatable bonds is 8. The largest absolute Gasteiger partial charge is 1.00 e. The van der Waals surface area contributed by atoms with Crippen molar-refractivity contribution in [3.63, 3.8) is 0 Å². The predicted octanol–water partition coefficient (Wildman–Crippen LogP) is -2.22. The molecule has 0 saturated carbocycles. The van der Waals surface area contributed by atoms with E-state index in [1.165, 1.54) is 0 Å². The molecule has 0 aromatic heterocycles. The third-order valence-corrected chi connectivity index (χ3v) is 2.88. The molecule has 0 bridgehead atoms. The van der Waals surface area contributed by atoms with Gasteiger partial charge in [-0.2, -0.15) is 0 Å². The topological polar surface area (TPSA) is 94.5 Å². The van der Waals surface area contributed by atoms with Gasteiger partial charge in [0.15, 0.2) is 0 Å². The van der Waals surface area contributed by atoms with Gasteiger partial charge in [-0.05, 0) is 6.42 Å². The number of Topliss-reactive ketones (excluding diaryl/α,β-unsaturated/α-hetero) is 1. The summed E-state index contributed by atoms with van der Waals surface area (Å²) in [5.74, 6) is -0.377. The van der Waals surface area contributed by atoms with Crippen molar-refractivity contribution >= 4 is 15.9 Å². The number of hydrogen-bond acceptors (Lipinski definition) is 5. The van der Waals surface area contributed by atoms with Crippen molar-refractivity contribution < 1.29 is 52.4 Å². The molecule has 0 aromatic rings. The van der Waals surface area contributed by atoms with Crippen molar-refractivity contribution in [3.05, 3.63) is 0 Å². The maximum atomic E-state index is 11.1. The van der Waals surface area contributed by atoms with E-state index in [2.05, 4.69) is 0 Å². The normalized spacial score (nSPS) is 12.9. The van der Waals surface area contributed by atoms with Gasteiger partial charge in [0.25, 0.3) is 0 Å². The number of aliphatic hydroxyl groups is 1. The van der Waals surface area contributed by atoms with E-state index in [-0.39, 0.29) is 41.8 Å². The molecule has 0 amide bonds. The van der Waals surface area contributed by atoms with E-state index in [9.17, 15) is 17.8 Å². The Hall–Kier alpha value is 0.540. The fourth-order valence-electron chi connectivity index (χ4n) is 1.15. The summed E-state index contributed by atoms with van der Waals surface area (Å²) in [5, 5.41) is 8.84. The Bertz CT molecular complexity index is 288. The molecule has 0 fully saturated rings. The predicted molar refractivity (Wildman–Crippen MR) is 54.1 cm³/mol. The van der Waals surface area contributed by atoms with Gasteiger partial charge in [-0.25, -0.2) is 8.42 Å². The third kappa shape index (κ3) is 9.74. The van der Waals surface area contributed by atoms with Gasteiger partial charge in [-0.3, -0.25) is 4.79 Å². The molecule has 0 spiro atoms. The summed E-state index contributed by atoms with van der Waals surface area (Å²) < 4.78 is 30.9. The molecule has 0 saturated heterocycles. The summed E-state index contributed by atoms with van der Waals surface area (Å²) in [6.07, 6.45) is 3.30. The SMILES string of the molecule is CCCCCCC(=O)CC(O)S(=O)(=O)[O-].[Na+]. The van der Waals surface area contributed by atoms with E-state index >= 15 is 0 Å². The smallest absolute Gasteiger partial charge is 0.746 e. The van der Waals surface area contributed by atoms with Crippen LogP contribution in [0, 0.1) is 0 Å². The Morgan fingerprint density at radius 1 is 1.31 bits per heavy atom. The van der Waals surface area contributed by atoms with Crippen LogP contribution in [-0.2, 0) is 14.9 Å². The maximum Gasteiger partial charge on any atom is 1.00 e. The van der Waals surface area contributed by atoms with Crippen LogP contribution in [0.3, 0.4) is 0 Å². The third-order valence-electron chi connectivity index (χ3n) is 2.04. The second kappa shape index (κ2) is 9.56. The van der Waals surface area contributed by atoms with Crippen LogP contribution in [0.5, 0.6) is 0 Å². The monoisotopic (exact) mass is 260 g/mol. The van der Waals surface area contributed by atoms with Gasteiger partial charge in [-0.15, -0.1) is 0 Å². The number of hydrogen-bond donors (Lipinski definition) is 1. The number of ketones is 1. The first kappa shape index (κ1) is 18.9. The van der Waals surface area contributed by atoms with Crippen LogP contribution in [0.2, 0.25) is 0 Å². The molecule has 5 nitrogen and oxygen atoms in total. The van der Waals surface area contributed by atoms with Crippen LogP contribution in [0.25, 0.3) is 0 Å². The molecule has 0 aliphatic rings. The van der Waals surface area contributed by atoms with Crippen molar-refractivity contribution in [3.8, 4) is 0 Å². The molecule has 1 unspecified atom stereocenters. The van der Waals surface area contributed by atoms with E-state index in [0.717, 1.165) is 19.3 Å². The molecule has 1 atom stereocenters. The summed E-state index contributed by atoms with van der Waals surface area (Å²) in [6, 6.07) is 0. The van der Waals surface area contributed by atoms with Crippen LogP contribution in [0.15, 0.2) is 0 Å².